The van der Waals surface area contributed by atoms with E-state index in [1.165, 1.54) is 51.0 Å². The average Bonchev–Trinajstić information content (AvgIpc) is 2.69. The lowest BCUT2D eigenvalue weighted by atomic mass is 9.98. The van der Waals surface area contributed by atoms with Crippen LogP contribution >= 0.6 is 0 Å². The Kier molecular flexibility index (Phi) is 9.65. The van der Waals surface area contributed by atoms with Crippen LogP contribution in [0, 0.1) is 0 Å². The SMILES string of the molecule is CCCCCCCCCCCC(c1ccccc1S(=O)(=O)O)[n+]1ccccc1. The van der Waals surface area contributed by atoms with Gasteiger partial charge in [0.25, 0.3) is 10.1 Å². The summed E-state index contributed by atoms with van der Waals surface area (Å²) in [5.41, 5.74) is 0.653. The van der Waals surface area contributed by atoms with Gasteiger partial charge in [-0.3, -0.25) is 4.55 Å². The van der Waals surface area contributed by atoms with Gasteiger partial charge in [-0.1, -0.05) is 82.6 Å². The van der Waals surface area contributed by atoms with Crippen molar-refractivity contribution in [1.29, 1.82) is 0 Å². The summed E-state index contributed by atoms with van der Waals surface area (Å²) in [6, 6.07) is 12.5. The second kappa shape index (κ2) is 12.0. The number of hydrogen-bond donors (Lipinski definition) is 1. The van der Waals surface area contributed by atoms with Crippen LogP contribution in [0.3, 0.4) is 0 Å². The van der Waals surface area contributed by atoms with Crippen LogP contribution in [0.4, 0.5) is 0 Å². The van der Waals surface area contributed by atoms with Gasteiger partial charge < -0.3 is 0 Å². The largest absolute Gasteiger partial charge is 0.295 e. The van der Waals surface area contributed by atoms with Gasteiger partial charge in [0.1, 0.15) is 4.90 Å². The fourth-order valence-corrected chi connectivity index (χ4v) is 4.48. The third-order valence-electron chi connectivity index (χ3n) is 5.24. The standard InChI is InChI=1S/C23H33NO3S/c1-2-3-4-5-6-7-8-9-11-17-22(24-19-14-10-15-20-24)21-16-12-13-18-23(21)28(25,26)27/h10,12-16,18-20,22H,2-9,11,17H2,1H3/p+1. The summed E-state index contributed by atoms with van der Waals surface area (Å²) in [5, 5.41) is 0. The van der Waals surface area contributed by atoms with Crippen molar-refractivity contribution < 1.29 is 17.5 Å². The summed E-state index contributed by atoms with van der Waals surface area (Å²) in [6.07, 6.45) is 16.0. The van der Waals surface area contributed by atoms with Gasteiger partial charge >= 0.3 is 0 Å². The van der Waals surface area contributed by atoms with Gasteiger partial charge in [-0.15, -0.1) is 0 Å². The average molecular weight is 405 g/mol. The van der Waals surface area contributed by atoms with Gasteiger partial charge in [0.05, 0.1) is 0 Å². The maximum atomic E-state index is 11.9. The molecule has 2 rings (SSSR count). The predicted molar refractivity (Wildman–Crippen MR) is 113 cm³/mol. The second-order valence-corrected chi connectivity index (χ2v) is 8.86. The van der Waals surface area contributed by atoms with Crippen molar-refractivity contribution >= 4 is 10.1 Å². The van der Waals surface area contributed by atoms with Crippen LogP contribution in [0.5, 0.6) is 0 Å². The molecule has 0 aliphatic carbocycles. The zero-order valence-electron chi connectivity index (χ0n) is 17.0. The van der Waals surface area contributed by atoms with Crippen molar-refractivity contribution in [2.45, 2.75) is 82.1 Å². The highest BCUT2D eigenvalue weighted by atomic mass is 32.2. The van der Waals surface area contributed by atoms with Crippen molar-refractivity contribution in [1.82, 2.24) is 0 Å². The Hall–Kier alpha value is -1.72. The predicted octanol–water partition coefficient (Wildman–Crippen LogP) is 5.73. The summed E-state index contributed by atoms with van der Waals surface area (Å²) in [5.74, 6) is 0. The third-order valence-corrected chi connectivity index (χ3v) is 6.16. The van der Waals surface area contributed by atoms with E-state index in [2.05, 4.69) is 6.92 Å². The Balaban J connectivity index is 2.00. The molecular weight excluding hydrogens is 370 g/mol. The van der Waals surface area contributed by atoms with Crippen LogP contribution in [0.25, 0.3) is 0 Å². The van der Waals surface area contributed by atoms with Crippen LogP contribution in [-0.2, 0) is 10.1 Å². The molecule has 0 radical (unpaired) electrons. The van der Waals surface area contributed by atoms with Gasteiger partial charge in [-0.25, -0.2) is 0 Å². The van der Waals surface area contributed by atoms with Crippen molar-refractivity contribution in [3.05, 3.63) is 60.4 Å². The van der Waals surface area contributed by atoms with Crippen molar-refractivity contribution in [3.8, 4) is 0 Å². The Morgan fingerprint density at radius 1 is 0.821 bits per heavy atom. The summed E-state index contributed by atoms with van der Waals surface area (Å²) >= 11 is 0. The van der Waals surface area contributed by atoms with Crippen LogP contribution in [0.1, 0.15) is 82.7 Å². The number of aromatic nitrogens is 1. The Bertz CT molecular complexity index is 791. The maximum Gasteiger partial charge on any atom is 0.295 e. The molecule has 1 aromatic heterocycles. The first-order valence-electron chi connectivity index (χ1n) is 10.6. The Labute approximate surface area is 170 Å². The first kappa shape index (κ1) is 22.6. The molecule has 28 heavy (non-hydrogen) atoms. The molecule has 0 aliphatic heterocycles. The molecule has 154 valence electrons. The van der Waals surface area contributed by atoms with Crippen LogP contribution in [0.2, 0.25) is 0 Å². The lowest BCUT2D eigenvalue weighted by Crippen LogP contribution is -2.39. The monoisotopic (exact) mass is 404 g/mol. The minimum absolute atomic E-state index is 0.00674. The molecule has 0 aliphatic rings. The van der Waals surface area contributed by atoms with E-state index in [0.29, 0.717) is 5.56 Å². The molecule has 1 heterocycles. The molecule has 1 atom stereocenters. The molecule has 1 N–H and O–H groups in total. The number of hydrogen-bond acceptors (Lipinski definition) is 2. The van der Waals surface area contributed by atoms with E-state index in [-0.39, 0.29) is 10.9 Å². The van der Waals surface area contributed by atoms with E-state index in [0.717, 1.165) is 19.3 Å². The first-order valence-corrected chi connectivity index (χ1v) is 12.0. The van der Waals surface area contributed by atoms with Gasteiger partial charge in [-0.05, 0) is 12.5 Å². The van der Waals surface area contributed by atoms with E-state index in [1.54, 1.807) is 6.07 Å². The van der Waals surface area contributed by atoms with E-state index >= 15 is 0 Å². The molecule has 2 aromatic rings. The van der Waals surface area contributed by atoms with E-state index in [4.69, 9.17) is 0 Å². The summed E-state index contributed by atoms with van der Waals surface area (Å²) < 4.78 is 35.4. The van der Waals surface area contributed by atoms with E-state index in [9.17, 15) is 13.0 Å². The third kappa shape index (κ3) is 7.36. The summed E-state index contributed by atoms with van der Waals surface area (Å²) in [4.78, 5) is 0.00674. The molecule has 1 aromatic carbocycles. The molecule has 5 heteroatoms. The quantitative estimate of drug-likeness (QED) is 0.263. The maximum absolute atomic E-state index is 11.9. The van der Waals surface area contributed by atoms with Crippen molar-refractivity contribution in [2.75, 3.05) is 0 Å². The lowest BCUT2D eigenvalue weighted by molar-refractivity contribution is -0.715. The molecule has 0 saturated heterocycles. The topological polar surface area (TPSA) is 58.3 Å². The number of benzene rings is 1. The normalized spacial score (nSPS) is 12.8. The van der Waals surface area contributed by atoms with Crippen molar-refractivity contribution in [2.24, 2.45) is 0 Å². The first-order chi connectivity index (χ1) is 13.5. The van der Waals surface area contributed by atoms with Crippen LogP contribution < -0.4 is 4.57 Å². The number of unbranched alkanes of at least 4 members (excludes halogenated alkanes) is 8. The molecule has 0 spiro atoms. The van der Waals surface area contributed by atoms with Gasteiger partial charge in [0.2, 0.25) is 0 Å². The van der Waals surface area contributed by atoms with Gasteiger partial charge in [0, 0.05) is 24.1 Å². The summed E-state index contributed by atoms with van der Waals surface area (Å²) in [7, 11) is -4.25. The van der Waals surface area contributed by atoms with Crippen LogP contribution in [-0.4, -0.2) is 13.0 Å². The van der Waals surface area contributed by atoms with E-state index in [1.807, 2.05) is 47.3 Å². The van der Waals surface area contributed by atoms with E-state index < -0.39 is 10.1 Å². The van der Waals surface area contributed by atoms with Gasteiger partial charge in [-0.2, -0.15) is 13.0 Å². The minimum atomic E-state index is -4.25. The zero-order valence-corrected chi connectivity index (χ0v) is 17.8. The fourth-order valence-electron chi connectivity index (χ4n) is 3.72. The van der Waals surface area contributed by atoms with Crippen LogP contribution in [0.15, 0.2) is 59.8 Å². The zero-order chi connectivity index (χ0) is 20.2. The Morgan fingerprint density at radius 3 is 2.00 bits per heavy atom. The molecule has 0 fully saturated rings. The second-order valence-electron chi connectivity index (χ2n) is 7.47. The molecule has 0 amide bonds. The van der Waals surface area contributed by atoms with Gasteiger partial charge in [0.15, 0.2) is 18.4 Å². The molecule has 1 unspecified atom stereocenters. The minimum Gasteiger partial charge on any atom is -0.282 e. The highest BCUT2D eigenvalue weighted by Gasteiger charge is 2.27. The van der Waals surface area contributed by atoms with Crippen molar-refractivity contribution in [3.63, 3.8) is 0 Å². The molecule has 0 saturated carbocycles. The molecule has 4 nitrogen and oxygen atoms in total. The fraction of sp³-hybridized carbons (Fsp3) is 0.522. The summed E-state index contributed by atoms with van der Waals surface area (Å²) in [6.45, 7) is 2.24. The highest BCUT2D eigenvalue weighted by molar-refractivity contribution is 7.85. The molecule has 0 bridgehead atoms. The lowest BCUT2D eigenvalue weighted by Gasteiger charge is -2.15. The number of nitrogens with zero attached hydrogens (tertiary/aromatic N) is 1. The number of pyridine rings is 1. The smallest absolute Gasteiger partial charge is 0.282 e. The Morgan fingerprint density at radius 2 is 1.39 bits per heavy atom. The number of rotatable bonds is 13. The highest BCUT2D eigenvalue weighted by Crippen LogP contribution is 2.26. The molecular formula is C23H34NO3S+.